The van der Waals surface area contributed by atoms with E-state index in [1.807, 2.05) is 13.2 Å². The van der Waals surface area contributed by atoms with Crippen LogP contribution in [0.25, 0.3) is 0 Å². The molecule has 0 atom stereocenters. The lowest BCUT2D eigenvalue weighted by molar-refractivity contribution is 0.178. The lowest BCUT2D eigenvalue weighted by Gasteiger charge is -2.33. The third kappa shape index (κ3) is 8.64. The summed E-state index contributed by atoms with van der Waals surface area (Å²) in [5, 5.41) is 6.85. The number of likely N-dealkylation sites (N-methyl/N-ethyl adjacent to an activating group) is 1. The van der Waals surface area contributed by atoms with Gasteiger partial charge < -0.3 is 20.4 Å². The molecule has 1 aromatic heterocycles. The number of nitrogens with zero attached hydrogens (tertiary/aromatic N) is 5. The van der Waals surface area contributed by atoms with Crippen LogP contribution < -0.4 is 15.5 Å². The molecule has 8 heteroatoms. The van der Waals surface area contributed by atoms with Gasteiger partial charge in [-0.25, -0.2) is 4.98 Å². The summed E-state index contributed by atoms with van der Waals surface area (Å²) in [4.78, 5) is 16.1. The molecule has 2 rings (SSSR count). The fourth-order valence-electron chi connectivity index (χ4n) is 3.60. The molecular formula is C21H40IN7. The van der Waals surface area contributed by atoms with Gasteiger partial charge in [-0.2, -0.15) is 0 Å². The fraction of sp³-hybridized carbons (Fsp3) is 0.714. The van der Waals surface area contributed by atoms with Gasteiger partial charge in [-0.15, -0.1) is 24.0 Å². The molecule has 0 bridgehead atoms. The fourth-order valence-corrected chi connectivity index (χ4v) is 3.60. The molecule has 1 saturated heterocycles. The first-order valence-electron chi connectivity index (χ1n) is 10.5. The van der Waals surface area contributed by atoms with Crippen LogP contribution in [0, 0.1) is 0 Å². The van der Waals surface area contributed by atoms with E-state index < -0.39 is 0 Å². The van der Waals surface area contributed by atoms with E-state index in [-0.39, 0.29) is 24.0 Å². The molecule has 0 amide bonds. The van der Waals surface area contributed by atoms with Crippen molar-refractivity contribution in [3.05, 3.63) is 23.9 Å². The molecule has 1 aromatic rings. The molecular weight excluding hydrogens is 477 g/mol. The number of piperazine rings is 1. The van der Waals surface area contributed by atoms with Gasteiger partial charge in [0, 0.05) is 71.1 Å². The van der Waals surface area contributed by atoms with E-state index in [1.54, 1.807) is 0 Å². The number of aliphatic imine (C=N–C) groups is 1. The van der Waals surface area contributed by atoms with Crippen LogP contribution in [0.2, 0.25) is 0 Å². The number of halogens is 1. The zero-order chi connectivity index (χ0) is 20.5. The van der Waals surface area contributed by atoms with Gasteiger partial charge in [-0.1, -0.05) is 0 Å². The first-order valence-corrected chi connectivity index (χ1v) is 10.5. The molecule has 1 aliphatic heterocycles. The van der Waals surface area contributed by atoms with Crippen molar-refractivity contribution < 1.29 is 0 Å². The Balaban J connectivity index is 0.00000420. The van der Waals surface area contributed by atoms with Gasteiger partial charge in [-0.3, -0.25) is 9.89 Å². The number of rotatable bonds is 8. The zero-order valence-corrected chi connectivity index (χ0v) is 21.3. The summed E-state index contributed by atoms with van der Waals surface area (Å²) in [5.74, 6) is 1.91. The summed E-state index contributed by atoms with van der Waals surface area (Å²) in [7, 11) is 3.99. The molecule has 0 unspecified atom stereocenters. The molecule has 0 spiro atoms. The first kappa shape index (κ1) is 25.9. The second kappa shape index (κ2) is 13.2. The standard InChI is InChI=1S/C21H39N7.HI/c1-17(2)28(18(3)4)10-9-24-21(22-5)25-16-19-7-8-23-20(15-19)27-13-11-26(6)12-14-27;/h7-8,15,17-18H,9-14,16H2,1-6H3,(H2,22,24,25);1H. The number of hydrogen-bond acceptors (Lipinski definition) is 5. The molecule has 7 nitrogen and oxygen atoms in total. The predicted octanol–water partition coefficient (Wildman–Crippen LogP) is 2.24. The highest BCUT2D eigenvalue weighted by molar-refractivity contribution is 14.0. The average Bonchev–Trinajstić information content (AvgIpc) is 2.67. The molecule has 166 valence electrons. The van der Waals surface area contributed by atoms with E-state index >= 15 is 0 Å². The molecule has 1 aliphatic rings. The van der Waals surface area contributed by atoms with E-state index in [2.05, 4.69) is 82.2 Å². The summed E-state index contributed by atoms with van der Waals surface area (Å²) in [5.41, 5.74) is 1.22. The number of pyridine rings is 1. The van der Waals surface area contributed by atoms with Crippen LogP contribution in [0.5, 0.6) is 0 Å². The van der Waals surface area contributed by atoms with Crippen molar-refractivity contribution in [3.8, 4) is 0 Å². The van der Waals surface area contributed by atoms with Gasteiger partial charge in [0.15, 0.2) is 5.96 Å². The highest BCUT2D eigenvalue weighted by atomic mass is 127. The van der Waals surface area contributed by atoms with E-state index in [0.717, 1.165) is 57.6 Å². The largest absolute Gasteiger partial charge is 0.355 e. The van der Waals surface area contributed by atoms with Gasteiger partial charge in [0.05, 0.1) is 0 Å². The summed E-state index contributed by atoms with van der Waals surface area (Å²) >= 11 is 0. The van der Waals surface area contributed by atoms with Crippen LogP contribution in [-0.4, -0.2) is 86.2 Å². The smallest absolute Gasteiger partial charge is 0.191 e. The summed E-state index contributed by atoms with van der Waals surface area (Å²) in [6.45, 7) is 15.8. The van der Waals surface area contributed by atoms with Crippen LogP contribution in [0.3, 0.4) is 0 Å². The Morgan fingerprint density at radius 2 is 1.79 bits per heavy atom. The van der Waals surface area contributed by atoms with E-state index in [0.29, 0.717) is 12.1 Å². The maximum absolute atomic E-state index is 4.57. The highest BCUT2D eigenvalue weighted by Crippen LogP contribution is 2.14. The Labute approximate surface area is 194 Å². The summed E-state index contributed by atoms with van der Waals surface area (Å²) in [6.07, 6.45) is 1.91. The first-order chi connectivity index (χ1) is 13.4. The Morgan fingerprint density at radius 3 is 2.38 bits per heavy atom. The zero-order valence-electron chi connectivity index (χ0n) is 19.0. The number of hydrogen-bond donors (Lipinski definition) is 2. The second-order valence-electron chi connectivity index (χ2n) is 8.09. The Morgan fingerprint density at radius 1 is 1.14 bits per heavy atom. The topological polar surface area (TPSA) is 59.0 Å². The molecule has 0 aromatic carbocycles. The van der Waals surface area contributed by atoms with Gasteiger partial charge in [-0.05, 0) is 52.4 Å². The van der Waals surface area contributed by atoms with Gasteiger partial charge >= 0.3 is 0 Å². The van der Waals surface area contributed by atoms with Crippen molar-refractivity contribution in [2.24, 2.45) is 4.99 Å². The number of anilines is 1. The van der Waals surface area contributed by atoms with Crippen molar-refractivity contribution in [1.29, 1.82) is 0 Å². The predicted molar refractivity (Wildman–Crippen MR) is 135 cm³/mol. The minimum absolute atomic E-state index is 0. The quantitative estimate of drug-likeness (QED) is 0.314. The second-order valence-corrected chi connectivity index (χ2v) is 8.09. The van der Waals surface area contributed by atoms with Crippen LogP contribution in [0.4, 0.5) is 5.82 Å². The van der Waals surface area contributed by atoms with Crippen molar-refractivity contribution in [2.75, 3.05) is 58.3 Å². The van der Waals surface area contributed by atoms with E-state index in [1.165, 1.54) is 5.56 Å². The average molecular weight is 518 g/mol. The van der Waals surface area contributed by atoms with Crippen LogP contribution >= 0.6 is 24.0 Å². The van der Waals surface area contributed by atoms with Gasteiger partial charge in [0.1, 0.15) is 5.82 Å². The minimum atomic E-state index is 0. The highest BCUT2D eigenvalue weighted by Gasteiger charge is 2.15. The normalized spacial score (nSPS) is 15.8. The Bertz CT molecular complexity index is 605. The maximum Gasteiger partial charge on any atom is 0.191 e. The van der Waals surface area contributed by atoms with Gasteiger partial charge in [0.25, 0.3) is 0 Å². The van der Waals surface area contributed by atoms with E-state index in [9.17, 15) is 0 Å². The molecule has 0 saturated carbocycles. The molecule has 2 N–H and O–H groups in total. The van der Waals surface area contributed by atoms with E-state index in [4.69, 9.17) is 0 Å². The third-order valence-corrected chi connectivity index (χ3v) is 5.31. The minimum Gasteiger partial charge on any atom is -0.355 e. The lowest BCUT2D eigenvalue weighted by atomic mass is 10.2. The maximum atomic E-state index is 4.57. The summed E-state index contributed by atoms with van der Waals surface area (Å²) in [6, 6.07) is 5.34. The summed E-state index contributed by atoms with van der Waals surface area (Å²) < 4.78 is 0. The van der Waals surface area contributed by atoms with Gasteiger partial charge in [0.2, 0.25) is 0 Å². The molecule has 0 radical (unpaired) electrons. The monoisotopic (exact) mass is 517 g/mol. The van der Waals surface area contributed by atoms with Crippen LogP contribution in [-0.2, 0) is 6.54 Å². The van der Waals surface area contributed by atoms with Crippen molar-refractivity contribution >= 4 is 35.8 Å². The van der Waals surface area contributed by atoms with Crippen LogP contribution in [0.15, 0.2) is 23.3 Å². The SMILES string of the molecule is CN=C(NCCN(C(C)C)C(C)C)NCc1ccnc(N2CCN(C)CC2)c1.I. The van der Waals surface area contributed by atoms with Crippen molar-refractivity contribution in [1.82, 2.24) is 25.4 Å². The van der Waals surface area contributed by atoms with Crippen LogP contribution in [0.1, 0.15) is 33.3 Å². The molecule has 2 heterocycles. The number of aromatic nitrogens is 1. The number of nitrogens with one attached hydrogen (secondary N) is 2. The molecule has 29 heavy (non-hydrogen) atoms. The van der Waals surface area contributed by atoms with Crippen molar-refractivity contribution in [3.63, 3.8) is 0 Å². The molecule has 0 aliphatic carbocycles. The lowest BCUT2D eigenvalue weighted by Crippen LogP contribution is -2.45. The number of guanidine groups is 1. The third-order valence-electron chi connectivity index (χ3n) is 5.31. The van der Waals surface area contributed by atoms with Crippen molar-refractivity contribution in [2.45, 2.75) is 46.3 Å². The Hall–Kier alpha value is -1.13. The molecule has 1 fully saturated rings. The Kier molecular flexibility index (Phi) is 11.8.